The number of amides is 1. The monoisotopic (exact) mass is 322 g/mol. The van der Waals surface area contributed by atoms with Gasteiger partial charge in [-0.2, -0.15) is 5.10 Å². The molecule has 0 spiro atoms. The van der Waals surface area contributed by atoms with Crippen molar-refractivity contribution in [2.75, 3.05) is 7.11 Å². The van der Waals surface area contributed by atoms with E-state index in [4.69, 9.17) is 4.74 Å². The Hall–Kier alpha value is -3.21. The van der Waals surface area contributed by atoms with E-state index in [1.165, 1.54) is 24.3 Å². The fourth-order valence-electron chi connectivity index (χ4n) is 2.28. The minimum Gasteiger partial charge on any atom is -0.497 e. The van der Waals surface area contributed by atoms with Gasteiger partial charge in [-0.05, 0) is 58.8 Å². The summed E-state index contributed by atoms with van der Waals surface area (Å²) in [4.78, 5) is 11.9. The number of fused-ring (bicyclic) bond motifs is 1. The Kier molecular flexibility index (Phi) is 4.52. The molecule has 0 bridgehead atoms. The Labute approximate surface area is 138 Å². The number of nitrogens with zero attached hydrogens (tertiary/aromatic N) is 1. The fraction of sp³-hybridized carbons (Fsp3) is 0.0526. The first kappa shape index (κ1) is 15.7. The SMILES string of the molecule is COc1ccc2cc(/C=N\NC(=O)c3ccc(F)cc3)ccc2c1. The van der Waals surface area contributed by atoms with Crippen molar-refractivity contribution in [3.8, 4) is 5.75 Å². The molecule has 1 N–H and O–H groups in total. The third-order valence-electron chi connectivity index (χ3n) is 3.56. The summed E-state index contributed by atoms with van der Waals surface area (Å²) in [5.41, 5.74) is 3.62. The molecule has 3 aromatic carbocycles. The van der Waals surface area contributed by atoms with Gasteiger partial charge in [-0.15, -0.1) is 0 Å². The first-order chi connectivity index (χ1) is 11.7. The topological polar surface area (TPSA) is 50.7 Å². The van der Waals surface area contributed by atoms with Crippen LogP contribution in [0.1, 0.15) is 15.9 Å². The van der Waals surface area contributed by atoms with E-state index in [2.05, 4.69) is 10.5 Å². The minimum absolute atomic E-state index is 0.346. The molecule has 1 amide bonds. The molecular formula is C19H15FN2O2. The second-order valence-corrected chi connectivity index (χ2v) is 5.18. The van der Waals surface area contributed by atoms with Crippen molar-refractivity contribution in [2.45, 2.75) is 0 Å². The van der Waals surface area contributed by atoms with Gasteiger partial charge in [0.1, 0.15) is 11.6 Å². The molecule has 0 heterocycles. The maximum atomic E-state index is 12.8. The molecule has 0 atom stereocenters. The largest absolute Gasteiger partial charge is 0.497 e. The quantitative estimate of drug-likeness (QED) is 0.587. The van der Waals surface area contributed by atoms with Crippen LogP contribution in [0.5, 0.6) is 5.75 Å². The van der Waals surface area contributed by atoms with Crippen LogP contribution in [0, 0.1) is 5.82 Å². The van der Waals surface area contributed by atoms with E-state index in [1.54, 1.807) is 13.3 Å². The molecule has 0 aliphatic heterocycles. The summed E-state index contributed by atoms with van der Waals surface area (Å²) in [6.07, 6.45) is 1.56. The Morgan fingerprint density at radius 1 is 1.04 bits per heavy atom. The molecule has 5 heteroatoms. The van der Waals surface area contributed by atoms with E-state index in [9.17, 15) is 9.18 Å². The summed E-state index contributed by atoms with van der Waals surface area (Å²) in [7, 11) is 1.63. The first-order valence-electron chi connectivity index (χ1n) is 7.32. The number of hydrazone groups is 1. The zero-order chi connectivity index (χ0) is 16.9. The number of nitrogens with one attached hydrogen (secondary N) is 1. The molecule has 0 aliphatic rings. The summed E-state index contributed by atoms with van der Waals surface area (Å²) in [5.74, 6) is 0.0232. The van der Waals surface area contributed by atoms with Gasteiger partial charge in [-0.1, -0.05) is 18.2 Å². The van der Waals surface area contributed by atoms with E-state index >= 15 is 0 Å². The van der Waals surface area contributed by atoms with Crippen LogP contribution in [-0.2, 0) is 0 Å². The van der Waals surface area contributed by atoms with E-state index in [0.717, 1.165) is 22.1 Å². The summed E-state index contributed by atoms with van der Waals surface area (Å²) in [6, 6.07) is 16.9. The highest BCUT2D eigenvalue weighted by atomic mass is 19.1. The number of methoxy groups -OCH3 is 1. The molecule has 0 fully saturated rings. The van der Waals surface area contributed by atoms with Crippen LogP contribution in [0.25, 0.3) is 10.8 Å². The molecular weight excluding hydrogens is 307 g/mol. The number of carbonyl (C=O) groups excluding carboxylic acids is 1. The summed E-state index contributed by atoms with van der Waals surface area (Å²) >= 11 is 0. The van der Waals surface area contributed by atoms with E-state index in [1.807, 2.05) is 36.4 Å². The highest BCUT2D eigenvalue weighted by Crippen LogP contribution is 2.21. The lowest BCUT2D eigenvalue weighted by Gasteiger charge is -2.03. The Balaban J connectivity index is 1.71. The zero-order valence-corrected chi connectivity index (χ0v) is 13.0. The molecule has 4 nitrogen and oxygen atoms in total. The number of rotatable bonds is 4. The predicted molar refractivity (Wildman–Crippen MR) is 92.0 cm³/mol. The van der Waals surface area contributed by atoms with Gasteiger partial charge in [0, 0.05) is 5.56 Å². The van der Waals surface area contributed by atoms with Crippen LogP contribution in [-0.4, -0.2) is 19.2 Å². The van der Waals surface area contributed by atoms with Gasteiger partial charge in [0.2, 0.25) is 0 Å². The van der Waals surface area contributed by atoms with Crippen molar-refractivity contribution in [3.63, 3.8) is 0 Å². The molecule has 0 unspecified atom stereocenters. The van der Waals surface area contributed by atoms with E-state index < -0.39 is 5.91 Å². The fourth-order valence-corrected chi connectivity index (χ4v) is 2.28. The Morgan fingerprint density at radius 3 is 2.50 bits per heavy atom. The average Bonchev–Trinajstić information content (AvgIpc) is 2.61. The van der Waals surface area contributed by atoms with Crippen molar-refractivity contribution in [2.24, 2.45) is 5.10 Å². The Morgan fingerprint density at radius 2 is 1.75 bits per heavy atom. The van der Waals surface area contributed by atoms with Crippen LogP contribution in [0.3, 0.4) is 0 Å². The van der Waals surface area contributed by atoms with Gasteiger partial charge < -0.3 is 4.74 Å². The molecule has 0 aromatic heterocycles. The average molecular weight is 322 g/mol. The highest BCUT2D eigenvalue weighted by Gasteiger charge is 2.03. The lowest BCUT2D eigenvalue weighted by atomic mass is 10.1. The molecule has 0 saturated heterocycles. The molecule has 0 radical (unpaired) electrons. The van der Waals surface area contributed by atoms with Crippen molar-refractivity contribution >= 4 is 22.9 Å². The predicted octanol–water partition coefficient (Wildman–Crippen LogP) is 3.75. The van der Waals surface area contributed by atoms with Gasteiger partial charge >= 0.3 is 0 Å². The van der Waals surface area contributed by atoms with Crippen LogP contribution in [0.4, 0.5) is 4.39 Å². The number of hydrogen-bond donors (Lipinski definition) is 1. The number of benzene rings is 3. The lowest BCUT2D eigenvalue weighted by molar-refractivity contribution is 0.0955. The second kappa shape index (κ2) is 6.91. The molecule has 24 heavy (non-hydrogen) atoms. The van der Waals surface area contributed by atoms with E-state index in [-0.39, 0.29) is 5.82 Å². The van der Waals surface area contributed by atoms with Crippen molar-refractivity contribution in [1.82, 2.24) is 5.43 Å². The molecule has 0 saturated carbocycles. The van der Waals surface area contributed by atoms with Crippen LogP contribution < -0.4 is 10.2 Å². The maximum absolute atomic E-state index is 12.8. The number of ether oxygens (including phenoxy) is 1. The van der Waals surface area contributed by atoms with Gasteiger partial charge in [0.05, 0.1) is 13.3 Å². The van der Waals surface area contributed by atoms with Crippen LogP contribution in [0.2, 0.25) is 0 Å². The highest BCUT2D eigenvalue weighted by molar-refractivity contribution is 5.95. The van der Waals surface area contributed by atoms with E-state index in [0.29, 0.717) is 5.56 Å². The summed E-state index contributed by atoms with van der Waals surface area (Å²) < 4.78 is 18.0. The molecule has 3 aromatic rings. The van der Waals surface area contributed by atoms with Gasteiger partial charge in [-0.3, -0.25) is 4.79 Å². The minimum atomic E-state index is -0.392. The van der Waals surface area contributed by atoms with Crippen molar-refractivity contribution in [3.05, 3.63) is 77.6 Å². The Bertz CT molecular complexity index is 905. The molecule has 0 aliphatic carbocycles. The van der Waals surface area contributed by atoms with Crippen molar-refractivity contribution in [1.29, 1.82) is 0 Å². The second-order valence-electron chi connectivity index (χ2n) is 5.18. The van der Waals surface area contributed by atoms with Gasteiger partial charge in [0.15, 0.2) is 0 Å². The van der Waals surface area contributed by atoms with Crippen LogP contribution in [0.15, 0.2) is 65.8 Å². The molecule has 120 valence electrons. The number of hydrogen-bond acceptors (Lipinski definition) is 3. The zero-order valence-electron chi connectivity index (χ0n) is 13.0. The summed E-state index contributed by atoms with van der Waals surface area (Å²) in [6.45, 7) is 0. The lowest BCUT2D eigenvalue weighted by Crippen LogP contribution is -2.17. The number of carbonyl (C=O) groups is 1. The van der Waals surface area contributed by atoms with Gasteiger partial charge in [0.25, 0.3) is 5.91 Å². The molecule has 3 rings (SSSR count). The standard InChI is InChI=1S/C19H15FN2O2/c1-24-18-9-6-15-10-13(2-3-16(15)11-18)12-21-22-19(23)14-4-7-17(20)8-5-14/h2-12H,1H3,(H,22,23)/b21-12-. The third-order valence-corrected chi connectivity index (χ3v) is 3.56. The smallest absolute Gasteiger partial charge is 0.271 e. The van der Waals surface area contributed by atoms with Crippen molar-refractivity contribution < 1.29 is 13.9 Å². The summed E-state index contributed by atoms with van der Waals surface area (Å²) in [5, 5.41) is 6.04. The normalized spacial score (nSPS) is 10.9. The number of halogens is 1. The third kappa shape index (κ3) is 3.57. The van der Waals surface area contributed by atoms with Gasteiger partial charge in [-0.25, -0.2) is 9.82 Å². The first-order valence-corrected chi connectivity index (χ1v) is 7.32. The van der Waals surface area contributed by atoms with Crippen LogP contribution >= 0.6 is 0 Å². The maximum Gasteiger partial charge on any atom is 0.271 e.